The molecule has 0 amide bonds. The molecule has 1 unspecified atom stereocenters. The Labute approximate surface area is 197 Å². The highest BCUT2D eigenvalue weighted by Crippen LogP contribution is 2.35. The Bertz CT molecular complexity index is 882. The molecule has 1 saturated carbocycles. The lowest BCUT2D eigenvalue weighted by Crippen LogP contribution is -2.37. The molecule has 2 heterocycles. The molecule has 0 bridgehead atoms. The third-order valence-electron chi connectivity index (χ3n) is 6.83. The van der Waals surface area contributed by atoms with Crippen molar-refractivity contribution in [3.8, 4) is 17.1 Å². The Kier molecular flexibility index (Phi) is 8.53. The number of nitrogens with zero attached hydrogens (tertiary/aromatic N) is 3. The van der Waals surface area contributed by atoms with E-state index in [0.717, 1.165) is 49.0 Å². The van der Waals surface area contributed by atoms with Crippen molar-refractivity contribution in [2.75, 3.05) is 45.4 Å². The minimum atomic E-state index is -0.552. The molecule has 1 aromatic carbocycles. The number of hydrogen-bond donors (Lipinski definition) is 2. The SMILES string of the molecule is CNCC(O)COc1cccc(-c2nc(C3CCCCC3)cc(N(C)C3CCOCC3)n2)c1. The Morgan fingerprint density at radius 2 is 1.91 bits per heavy atom. The normalized spacial score (nSPS) is 18.8. The summed E-state index contributed by atoms with van der Waals surface area (Å²) in [5.41, 5.74) is 2.10. The molecule has 1 aliphatic carbocycles. The molecule has 7 heteroatoms. The number of anilines is 1. The van der Waals surface area contributed by atoms with E-state index in [2.05, 4.69) is 23.3 Å². The second-order valence-corrected chi connectivity index (χ2v) is 9.31. The van der Waals surface area contributed by atoms with Gasteiger partial charge in [-0.1, -0.05) is 31.4 Å². The summed E-state index contributed by atoms with van der Waals surface area (Å²) in [5, 5.41) is 12.9. The molecule has 2 fully saturated rings. The summed E-state index contributed by atoms with van der Waals surface area (Å²) in [7, 11) is 3.96. The molecule has 0 spiro atoms. The van der Waals surface area contributed by atoms with Crippen LogP contribution in [0.2, 0.25) is 0 Å². The highest BCUT2D eigenvalue weighted by molar-refractivity contribution is 5.60. The van der Waals surface area contributed by atoms with Gasteiger partial charge in [-0.05, 0) is 44.9 Å². The Morgan fingerprint density at radius 1 is 1.12 bits per heavy atom. The predicted molar refractivity (Wildman–Crippen MR) is 131 cm³/mol. The minimum Gasteiger partial charge on any atom is -0.491 e. The number of aliphatic hydroxyl groups excluding tert-OH is 1. The number of ether oxygens (including phenoxy) is 2. The van der Waals surface area contributed by atoms with Crippen molar-refractivity contribution >= 4 is 5.82 Å². The summed E-state index contributed by atoms with van der Waals surface area (Å²) in [6.07, 6.45) is 7.75. The first-order valence-corrected chi connectivity index (χ1v) is 12.4. The standard InChI is InChI=1S/C26H38N4O3/c1-27-17-22(31)18-33-23-10-6-9-20(15-23)26-28-24(19-7-4-3-5-8-19)16-25(29-26)30(2)21-11-13-32-14-12-21/h6,9-10,15-16,19,21-22,27,31H,3-5,7-8,11-14,17-18H2,1-2H3. The maximum atomic E-state index is 9.97. The van der Waals surface area contributed by atoms with Crippen LogP contribution in [0, 0.1) is 0 Å². The van der Waals surface area contributed by atoms with Crippen molar-refractivity contribution in [2.24, 2.45) is 0 Å². The average Bonchev–Trinajstić information content (AvgIpc) is 2.88. The van der Waals surface area contributed by atoms with Crippen LogP contribution >= 0.6 is 0 Å². The van der Waals surface area contributed by atoms with Crippen molar-refractivity contribution in [1.29, 1.82) is 0 Å². The maximum absolute atomic E-state index is 9.97. The maximum Gasteiger partial charge on any atom is 0.161 e. The van der Waals surface area contributed by atoms with Crippen LogP contribution in [-0.4, -0.2) is 67.7 Å². The fourth-order valence-corrected chi connectivity index (χ4v) is 4.84. The first-order valence-electron chi connectivity index (χ1n) is 12.4. The lowest BCUT2D eigenvalue weighted by atomic mass is 9.86. The number of likely N-dealkylation sites (N-methyl/N-ethyl adjacent to an activating group) is 1. The van der Waals surface area contributed by atoms with E-state index < -0.39 is 6.10 Å². The molecular weight excluding hydrogens is 416 g/mol. The van der Waals surface area contributed by atoms with E-state index in [4.69, 9.17) is 19.4 Å². The second-order valence-electron chi connectivity index (χ2n) is 9.31. The van der Waals surface area contributed by atoms with Crippen LogP contribution in [0.1, 0.15) is 56.6 Å². The van der Waals surface area contributed by atoms with Crippen molar-refractivity contribution in [1.82, 2.24) is 15.3 Å². The summed E-state index contributed by atoms with van der Waals surface area (Å²) in [4.78, 5) is 12.4. The number of aromatic nitrogens is 2. The molecule has 2 N–H and O–H groups in total. The summed E-state index contributed by atoms with van der Waals surface area (Å²) < 4.78 is 11.4. The molecule has 0 radical (unpaired) electrons. The van der Waals surface area contributed by atoms with E-state index in [1.807, 2.05) is 31.3 Å². The van der Waals surface area contributed by atoms with Crippen LogP contribution in [0.15, 0.2) is 30.3 Å². The van der Waals surface area contributed by atoms with Gasteiger partial charge in [-0.25, -0.2) is 9.97 Å². The van der Waals surface area contributed by atoms with E-state index >= 15 is 0 Å². The van der Waals surface area contributed by atoms with E-state index in [9.17, 15) is 5.11 Å². The quantitative estimate of drug-likeness (QED) is 0.597. The van der Waals surface area contributed by atoms with Gasteiger partial charge >= 0.3 is 0 Å². The molecule has 1 atom stereocenters. The molecule has 2 aromatic rings. The van der Waals surface area contributed by atoms with Gasteiger partial charge in [0.2, 0.25) is 0 Å². The lowest BCUT2D eigenvalue weighted by molar-refractivity contribution is 0.0853. The topological polar surface area (TPSA) is 79.7 Å². The van der Waals surface area contributed by atoms with Gasteiger partial charge in [-0.15, -0.1) is 0 Å². The number of benzene rings is 1. The Hall–Kier alpha value is -2.22. The molecule has 4 rings (SSSR count). The van der Waals surface area contributed by atoms with Crippen molar-refractivity contribution < 1.29 is 14.6 Å². The Balaban J connectivity index is 1.61. The van der Waals surface area contributed by atoms with Gasteiger partial charge in [0.05, 0.1) is 0 Å². The molecule has 7 nitrogen and oxygen atoms in total. The second kappa shape index (κ2) is 11.8. The number of rotatable bonds is 9. The Morgan fingerprint density at radius 3 is 2.67 bits per heavy atom. The predicted octanol–water partition coefficient (Wildman–Crippen LogP) is 3.77. The minimum absolute atomic E-state index is 0.241. The molecule has 180 valence electrons. The number of hydrogen-bond acceptors (Lipinski definition) is 7. The van der Waals surface area contributed by atoms with Gasteiger partial charge in [-0.3, -0.25) is 0 Å². The van der Waals surface area contributed by atoms with Gasteiger partial charge in [0.1, 0.15) is 24.3 Å². The van der Waals surface area contributed by atoms with Crippen molar-refractivity contribution in [2.45, 2.75) is 63.0 Å². The summed E-state index contributed by atoms with van der Waals surface area (Å²) in [6.45, 7) is 2.35. The highest BCUT2D eigenvalue weighted by Gasteiger charge is 2.24. The molecule has 1 saturated heterocycles. The fraction of sp³-hybridized carbons (Fsp3) is 0.615. The zero-order chi connectivity index (χ0) is 23.0. The highest BCUT2D eigenvalue weighted by atomic mass is 16.5. The summed E-state index contributed by atoms with van der Waals surface area (Å²) >= 11 is 0. The van der Waals surface area contributed by atoms with E-state index in [1.165, 1.54) is 32.1 Å². The molecule has 33 heavy (non-hydrogen) atoms. The largest absolute Gasteiger partial charge is 0.491 e. The zero-order valence-corrected chi connectivity index (χ0v) is 20.0. The van der Waals surface area contributed by atoms with E-state index in [1.54, 1.807) is 0 Å². The van der Waals surface area contributed by atoms with Gasteiger partial charge in [-0.2, -0.15) is 0 Å². The van der Waals surface area contributed by atoms with Gasteiger partial charge in [0, 0.05) is 56.1 Å². The van der Waals surface area contributed by atoms with Gasteiger partial charge < -0.3 is 24.8 Å². The molecule has 1 aromatic heterocycles. The summed E-state index contributed by atoms with van der Waals surface area (Å²) in [6, 6.07) is 10.5. The first-order chi connectivity index (χ1) is 16.1. The molecule has 2 aliphatic rings. The van der Waals surface area contributed by atoms with E-state index in [0.29, 0.717) is 24.3 Å². The number of nitrogens with one attached hydrogen (secondary N) is 1. The van der Waals surface area contributed by atoms with Gasteiger partial charge in [0.15, 0.2) is 5.82 Å². The first kappa shape index (κ1) is 23.9. The van der Waals surface area contributed by atoms with Crippen LogP contribution in [-0.2, 0) is 4.74 Å². The average molecular weight is 455 g/mol. The monoisotopic (exact) mass is 454 g/mol. The van der Waals surface area contributed by atoms with Crippen LogP contribution in [0.25, 0.3) is 11.4 Å². The van der Waals surface area contributed by atoms with Crippen molar-refractivity contribution in [3.63, 3.8) is 0 Å². The third kappa shape index (κ3) is 6.43. The van der Waals surface area contributed by atoms with E-state index in [-0.39, 0.29) is 6.61 Å². The fourth-order valence-electron chi connectivity index (χ4n) is 4.84. The van der Waals surface area contributed by atoms with Gasteiger partial charge in [0.25, 0.3) is 0 Å². The molecule has 1 aliphatic heterocycles. The lowest BCUT2D eigenvalue weighted by Gasteiger charge is -2.33. The summed E-state index contributed by atoms with van der Waals surface area (Å²) in [5.74, 6) is 2.95. The smallest absolute Gasteiger partial charge is 0.161 e. The van der Waals surface area contributed by atoms with Crippen LogP contribution in [0.4, 0.5) is 5.82 Å². The van der Waals surface area contributed by atoms with Crippen LogP contribution in [0.5, 0.6) is 5.75 Å². The third-order valence-corrected chi connectivity index (χ3v) is 6.83. The zero-order valence-electron chi connectivity index (χ0n) is 20.0. The molecular formula is C26H38N4O3. The van der Waals surface area contributed by atoms with Crippen molar-refractivity contribution in [3.05, 3.63) is 36.0 Å². The van der Waals surface area contributed by atoms with Crippen LogP contribution < -0.4 is 15.0 Å². The van der Waals surface area contributed by atoms with Crippen LogP contribution in [0.3, 0.4) is 0 Å². The number of aliphatic hydroxyl groups is 1.